The Morgan fingerprint density at radius 3 is 2.75 bits per heavy atom. The molecule has 84 valence electrons. The number of aromatic amines is 1. The predicted octanol–water partition coefficient (Wildman–Crippen LogP) is 1.52. The summed E-state index contributed by atoms with van der Waals surface area (Å²) in [5, 5.41) is 0. The van der Waals surface area contributed by atoms with Gasteiger partial charge in [-0.25, -0.2) is 14.8 Å². The topological polar surface area (TPSA) is 63.6 Å². The summed E-state index contributed by atoms with van der Waals surface area (Å²) in [6.45, 7) is 6.11. The largest absolute Gasteiger partial charge is 0.345 e. The van der Waals surface area contributed by atoms with Gasteiger partial charge in [-0.2, -0.15) is 0 Å². The maximum atomic E-state index is 11.2. The zero-order valence-electron chi connectivity index (χ0n) is 9.56. The van der Waals surface area contributed by atoms with Crippen molar-refractivity contribution in [2.45, 2.75) is 26.8 Å². The quantitative estimate of drug-likeness (QED) is 0.831. The van der Waals surface area contributed by atoms with E-state index < -0.39 is 0 Å². The molecule has 0 fully saturated rings. The summed E-state index contributed by atoms with van der Waals surface area (Å²) in [6.07, 6.45) is 3.27. The number of hydrogen-bond acceptors (Lipinski definition) is 3. The van der Waals surface area contributed by atoms with E-state index in [0.29, 0.717) is 6.04 Å². The van der Waals surface area contributed by atoms with E-state index in [-0.39, 0.29) is 5.69 Å². The highest BCUT2D eigenvalue weighted by atomic mass is 16.1. The molecule has 0 aliphatic carbocycles. The number of rotatable bonds is 2. The average molecular weight is 218 g/mol. The summed E-state index contributed by atoms with van der Waals surface area (Å²) in [6, 6.07) is 2.07. The molecule has 16 heavy (non-hydrogen) atoms. The Balaban J connectivity index is 2.60. The van der Waals surface area contributed by atoms with Gasteiger partial charge in [-0.15, -0.1) is 0 Å². The monoisotopic (exact) mass is 218 g/mol. The SMILES string of the molecule is Cc1ncc(-c2ccnc(=O)[nH]2)n1C(C)C. The van der Waals surface area contributed by atoms with Gasteiger partial charge < -0.3 is 9.55 Å². The Hall–Kier alpha value is -1.91. The van der Waals surface area contributed by atoms with Crippen molar-refractivity contribution in [1.82, 2.24) is 19.5 Å². The zero-order valence-corrected chi connectivity index (χ0v) is 9.56. The van der Waals surface area contributed by atoms with Crippen LogP contribution in [0.5, 0.6) is 0 Å². The minimum Gasteiger partial charge on any atom is -0.324 e. The van der Waals surface area contributed by atoms with E-state index in [1.54, 1.807) is 12.3 Å². The fraction of sp³-hybridized carbons (Fsp3) is 0.364. The second-order valence-electron chi connectivity index (χ2n) is 3.94. The lowest BCUT2D eigenvalue weighted by Gasteiger charge is -2.13. The number of hydrogen-bond donors (Lipinski definition) is 1. The molecule has 0 spiro atoms. The highest BCUT2D eigenvalue weighted by molar-refractivity contribution is 5.53. The fourth-order valence-corrected chi connectivity index (χ4v) is 1.82. The van der Waals surface area contributed by atoms with E-state index in [4.69, 9.17) is 0 Å². The van der Waals surface area contributed by atoms with Crippen molar-refractivity contribution < 1.29 is 0 Å². The van der Waals surface area contributed by atoms with Gasteiger partial charge >= 0.3 is 5.69 Å². The first-order valence-corrected chi connectivity index (χ1v) is 5.19. The van der Waals surface area contributed by atoms with Gasteiger partial charge in [0.2, 0.25) is 0 Å². The molecule has 2 heterocycles. The lowest BCUT2D eigenvalue weighted by atomic mass is 10.3. The predicted molar refractivity (Wildman–Crippen MR) is 61.2 cm³/mol. The summed E-state index contributed by atoms with van der Waals surface area (Å²) in [7, 11) is 0. The van der Waals surface area contributed by atoms with Crippen LogP contribution in [0.15, 0.2) is 23.3 Å². The van der Waals surface area contributed by atoms with Crippen LogP contribution in [-0.2, 0) is 0 Å². The lowest BCUT2D eigenvalue weighted by molar-refractivity contribution is 0.587. The van der Waals surface area contributed by atoms with E-state index in [0.717, 1.165) is 17.2 Å². The first-order chi connectivity index (χ1) is 7.59. The minimum atomic E-state index is -0.341. The third-order valence-electron chi connectivity index (χ3n) is 2.45. The smallest absolute Gasteiger partial charge is 0.324 e. The molecule has 2 rings (SSSR count). The van der Waals surface area contributed by atoms with Crippen molar-refractivity contribution in [2.75, 3.05) is 0 Å². The van der Waals surface area contributed by atoms with Gasteiger partial charge in [-0.05, 0) is 26.8 Å². The Bertz CT molecular complexity index is 553. The highest BCUT2D eigenvalue weighted by Gasteiger charge is 2.11. The molecule has 0 aromatic carbocycles. The summed E-state index contributed by atoms with van der Waals surface area (Å²) in [5.41, 5.74) is 1.31. The van der Waals surface area contributed by atoms with E-state index in [1.807, 2.05) is 6.92 Å². The average Bonchev–Trinajstić information content (AvgIpc) is 2.60. The summed E-state index contributed by atoms with van der Waals surface area (Å²) < 4.78 is 2.07. The second-order valence-corrected chi connectivity index (χ2v) is 3.94. The van der Waals surface area contributed by atoms with E-state index in [9.17, 15) is 4.79 Å². The van der Waals surface area contributed by atoms with Crippen molar-refractivity contribution >= 4 is 0 Å². The van der Waals surface area contributed by atoms with Crippen LogP contribution in [0.25, 0.3) is 11.4 Å². The molecule has 5 nitrogen and oxygen atoms in total. The van der Waals surface area contributed by atoms with Gasteiger partial charge in [0.15, 0.2) is 0 Å². The van der Waals surface area contributed by atoms with Gasteiger partial charge in [0.1, 0.15) is 5.82 Å². The van der Waals surface area contributed by atoms with Gasteiger partial charge in [-0.1, -0.05) is 0 Å². The normalized spacial score (nSPS) is 11.0. The number of aromatic nitrogens is 4. The van der Waals surface area contributed by atoms with Crippen LogP contribution in [0.4, 0.5) is 0 Å². The number of nitrogens with one attached hydrogen (secondary N) is 1. The molecule has 2 aromatic heterocycles. The molecule has 0 atom stereocenters. The maximum Gasteiger partial charge on any atom is 0.345 e. The Morgan fingerprint density at radius 2 is 2.12 bits per heavy atom. The van der Waals surface area contributed by atoms with Gasteiger partial charge in [0.25, 0.3) is 0 Å². The number of imidazole rings is 1. The molecule has 0 aliphatic rings. The van der Waals surface area contributed by atoms with E-state index >= 15 is 0 Å². The molecule has 2 aromatic rings. The van der Waals surface area contributed by atoms with Crippen LogP contribution in [0.3, 0.4) is 0 Å². The number of aryl methyl sites for hydroxylation is 1. The van der Waals surface area contributed by atoms with Crippen LogP contribution >= 0.6 is 0 Å². The molecule has 0 bridgehead atoms. The molecular weight excluding hydrogens is 204 g/mol. The molecule has 0 saturated heterocycles. The minimum absolute atomic E-state index is 0.300. The van der Waals surface area contributed by atoms with Crippen molar-refractivity contribution in [3.05, 3.63) is 34.8 Å². The van der Waals surface area contributed by atoms with Crippen molar-refractivity contribution in [3.8, 4) is 11.4 Å². The van der Waals surface area contributed by atoms with Crippen LogP contribution < -0.4 is 5.69 Å². The van der Waals surface area contributed by atoms with Crippen LogP contribution in [0.1, 0.15) is 25.7 Å². The number of H-pyrrole nitrogens is 1. The Kier molecular flexibility index (Phi) is 2.60. The van der Waals surface area contributed by atoms with E-state index in [1.165, 1.54) is 6.20 Å². The van der Waals surface area contributed by atoms with Crippen LogP contribution in [-0.4, -0.2) is 19.5 Å². The van der Waals surface area contributed by atoms with Crippen molar-refractivity contribution in [1.29, 1.82) is 0 Å². The summed E-state index contributed by atoms with van der Waals surface area (Å²) >= 11 is 0. The molecule has 5 heteroatoms. The highest BCUT2D eigenvalue weighted by Crippen LogP contribution is 2.21. The van der Waals surface area contributed by atoms with E-state index in [2.05, 4.69) is 33.4 Å². The van der Waals surface area contributed by atoms with Crippen molar-refractivity contribution in [3.63, 3.8) is 0 Å². The third kappa shape index (κ3) is 1.76. The van der Waals surface area contributed by atoms with Crippen LogP contribution in [0.2, 0.25) is 0 Å². The first-order valence-electron chi connectivity index (χ1n) is 5.19. The molecule has 0 radical (unpaired) electrons. The van der Waals surface area contributed by atoms with Gasteiger partial charge in [0.05, 0.1) is 17.6 Å². The van der Waals surface area contributed by atoms with Crippen LogP contribution in [0, 0.1) is 6.92 Å². The maximum absolute atomic E-state index is 11.2. The first kappa shape index (κ1) is 10.6. The summed E-state index contributed by atoms with van der Waals surface area (Å²) in [5.74, 6) is 0.933. The molecule has 0 aliphatic heterocycles. The summed E-state index contributed by atoms with van der Waals surface area (Å²) in [4.78, 5) is 21.7. The third-order valence-corrected chi connectivity index (χ3v) is 2.45. The van der Waals surface area contributed by atoms with Crippen molar-refractivity contribution in [2.24, 2.45) is 0 Å². The molecule has 0 unspecified atom stereocenters. The molecule has 0 saturated carbocycles. The lowest BCUT2D eigenvalue weighted by Crippen LogP contribution is -2.12. The Labute approximate surface area is 93.2 Å². The second kappa shape index (κ2) is 3.92. The molecule has 1 N–H and O–H groups in total. The zero-order chi connectivity index (χ0) is 11.7. The molecular formula is C11H14N4O. The standard InChI is InChI=1S/C11H14N4O/c1-7(2)15-8(3)13-6-10(15)9-4-5-12-11(16)14-9/h4-7H,1-3H3,(H,12,14,16). The fourth-order valence-electron chi connectivity index (χ4n) is 1.82. The molecule has 0 amide bonds. The Morgan fingerprint density at radius 1 is 1.38 bits per heavy atom. The van der Waals surface area contributed by atoms with Gasteiger partial charge in [0, 0.05) is 12.2 Å². The van der Waals surface area contributed by atoms with Gasteiger partial charge in [-0.3, -0.25) is 0 Å². The number of nitrogens with zero attached hydrogens (tertiary/aromatic N) is 3.